The number of carbonyl (C=O) groups excluding carboxylic acids is 1. The highest BCUT2D eigenvalue weighted by Crippen LogP contribution is 2.30. The zero-order chi connectivity index (χ0) is 21.6. The number of hydrazone groups is 1. The lowest BCUT2D eigenvalue weighted by Gasteiger charge is -2.25. The topological polar surface area (TPSA) is 91.7 Å². The Balaban J connectivity index is 1.89. The number of rotatable bonds is 7. The summed E-state index contributed by atoms with van der Waals surface area (Å²) >= 11 is 6.19. The normalized spacial score (nSPS) is 11.4. The number of halogens is 1. The zero-order valence-corrected chi connectivity index (χ0v) is 17.6. The highest BCUT2D eigenvalue weighted by atomic mass is 35.5. The first kappa shape index (κ1) is 21.5. The van der Waals surface area contributed by atoms with Gasteiger partial charge in [0.1, 0.15) is 6.54 Å². The Hall–Kier alpha value is -3.23. The second kappa shape index (κ2) is 9.51. The van der Waals surface area contributed by atoms with Gasteiger partial charge in [-0.25, -0.2) is 13.8 Å². The summed E-state index contributed by atoms with van der Waals surface area (Å²) in [6.45, 7) is 1.22. The van der Waals surface area contributed by atoms with Crippen molar-refractivity contribution < 1.29 is 13.2 Å². The number of benzene rings is 2. The second-order valence-electron chi connectivity index (χ2n) is 6.26. The van der Waals surface area contributed by atoms with Gasteiger partial charge in [0.2, 0.25) is 0 Å². The summed E-state index contributed by atoms with van der Waals surface area (Å²) in [5.41, 5.74) is 3.75. The maximum Gasteiger partial charge on any atom is 0.264 e. The van der Waals surface area contributed by atoms with Crippen molar-refractivity contribution in [2.24, 2.45) is 5.10 Å². The highest BCUT2D eigenvalue weighted by Gasteiger charge is 2.28. The van der Waals surface area contributed by atoms with Gasteiger partial charge in [-0.15, -0.1) is 0 Å². The van der Waals surface area contributed by atoms with E-state index < -0.39 is 22.5 Å². The number of nitrogens with one attached hydrogen (secondary N) is 1. The molecule has 1 aromatic heterocycles. The van der Waals surface area contributed by atoms with Crippen LogP contribution >= 0.6 is 11.6 Å². The predicted octanol–water partition coefficient (Wildman–Crippen LogP) is 3.39. The molecule has 3 aromatic rings. The molecule has 3 rings (SSSR count). The molecule has 7 nitrogen and oxygen atoms in total. The number of carbonyl (C=O) groups is 1. The fourth-order valence-electron chi connectivity index (χ4n) is 2.67. The van der Waals surface area contributed by atoms with Crippen molar-refractivity contribution in [1.29, 1.82) is 0 Å². The van der Waals surface area contributed by atoms with E-state index in [1.165, 1.54) is 18.3 Å². The number of aromatic nitrogens is 1. The van der Waals surface area contributed by atoms with Crippen molar-refractivity contribution in [1.82, 2.24) is 10.4 Å². The highest BCUT2D eigenvalue weighted by molar-refractivity contribution is 7.92. The molecule has 0 atom stereocenters. The monoisotopic (exact) mass is 442 g/mol. The third-order valence-electron chi connectivity index (χ3n) is 4.20. The standard InChI is InChI=1S/C21H19ClN4O3S/c1-16-19(22)11-7-12-20(16)26(30(28,29)18-9-3-2-4-10-18)15-21(27)25-24-14-17-8-5-6-13-23-17/h2-14H,15H2,1H3,(H,25,27)/b24-14-. The molecular weight excluding hydrogens is 424 g/mol. The Labute approximate surface area is 180 Å². The molecule has 9 heteroatoms. The molecule has 1 amide bonds. The number of pyridine rings is 1. The minimum absolute atomic E-state index is 0.0640. The lowest BCUT2D eigenvalue weighted by Crippen LogP contribution is -2.40. The van der Waals surface area contributed by atoms with Crippen molar-refractivity contribution in [3.05, 3.63) is 89.2 Å². The van der Waals surface area contributed by atoms with E-state index >= 15 is 0 Å². The summed E-state index contributed by atoms with van der Waals surface area (Å²) < 4.78 is 27.6. The van der Waals surface area contributed by atoms with Gasteiger partial charge in [-0.05, 0) is 48.9 Å². The average Bonchev–Trinajstić information content (AvgIpc) is 2.75. The predicted molar refractivity (Wildman–Crippen MR) is 117 cm³/mol. The van der Waals surface area contributed by atoms with Crippen LogP contribution in [0.4, 0.5) is 5.69 Å². The van der Waals surface area contributed by atoms with Gasteiger partial charge in [-0.3, -0.25) is 14.1 Å². The van der Waals surface area contributed by atoms with Gasteiger partial charge < -0.3 is 0 Å². The fourth-order valence-corrected chi connectivity index (χ4v) is 4.34. The average molecular weight is 443 g/mol. The van der Waals surface area contributed by atoms with Gasteiger partial charge in [0.05, 0.1) is 22.5 Å². The molecule has 0 saturated heterocycles. The van der Waals surface area contributed by atoms with Crippen molar-refractivity contribution in [3.8, 4) is 0 Å². The van der Waals surface area contributed by atoms with Crippen LogP contribution in [0, 0.1) is 6.92 Å². The third-order valence-corrected chi connectivity index (χ3v) is 6.38. The van der Waals surface area contributed by atoms with Gasteiger partial charge >= 0.3 is 0 Å². The van der Waals surface area contributed by atoms with Crippen molar-refractivity contribution in [3.63, 3.8) is 0 Å². The number of hydrogen-bond acceptors (Lipinski definition) is 5. The molecule has 0 aliphatic carbocycles. The number of hydrogen-bond donors (Lipinski definition) is 1. The summed E-state index contributed by atoms with van der Waals surface area (Å²) in [6, 6.07) is 18.1. The number of nitrogens with zero attached hydrogens (tertiary/aromatic N) is 3. The Morgan fingerprint density at radius 1 is 1.10 bits per heavy atom. The van der Waals surface area contributed by atoms with Crippen LogP contribution in [0.5, 0.6) is 0 Å². The van der Waals surface area contributed by atoms with E-state index in [9.17, 15) is 13.2 Å². The zero-order valence-electron chi connectivity index (χ0n) is 16.1. The van der Waals surface area contributed by atoms with Gasteiger partial charge in [-0.2, -0.15) is 5.10 Å². The maximum atomic E-state index is 13.3. The minimum Gasteiger partial charge on any atom is -0.271 e. The molecule has 154 valence electrons. The number of anilines is 1. The van der Waals surface area contributed by atoms with Gasteiger partial charge in [-0.1, -0.05) is 41.9 Å². The lowest BCUT2D eigenvalue weighted by atomic mass is 10.2. The van der Waals surface area contributed by atoms with Crippen LogP contribution in [0.2, 0.25) is 5.02 Å². The quantitative estimate of drug-likeness (QED) is 0.448. The lowest BCUT2D eigenvalue weighted by molar-refractivity contribution is -0.119. The van der Waals surface area contributed by atoms with E-state index in [1.807, 2.05) is 0 Å². The smallest absolute Gasteiger partial charge is 0.264 e. The third kappa shape index (κ3) is 5.03. The summed E-state index contributed by atoms with van der Waals surface area (Å²) in [5, 5.41) is 4.25. The van der Waals surface area contributed by atoms with E-state index in [4.69, 9.17) is 11.6 Å². The van der Waals surface area contributed by atoms with Crippen LogP contribution in [0.25, 0.3) is 0 Å². The van der Waals surface area contributed by atoms with Crippen LogP contribution in [-0.4, -0.2) is 32.1 Å². The van der Waals surface area contributed by atoms with E-state index in [2.05, 4.69) is 15.5 Å². The Morgan fingerprint density at radius 3 is 2.53 bits per heavy atom. The molecule has 0 radical (unpaired) electrons. The number of amides is 1. The van der Waals surface area contributed by atoms with Crippen LogP contribution in [0.15, 0.2) is 82.9 Å². The van der Waals surface area contributed by atoms with Crippen molar-refractivity contribution in [2.45, 2.75) is 11.8 Å². The van der Waals surface area contributed by atoms with Gasteiger partial charge in [0, 0.05) is 11.2 Å². The van der Waals surface area contributed by atoms with Crippen molar-refractivity contribution >= 4 is 39.4 Å². The molecular formula is C21H19ClN4O3S. The minimum atomic E-state index is -4.02. The van der Waals surface area contributed by atoms with E-state index in [0.717, 1.165) is 4.31 Å². The first-order valence-corrected chi connectivity index (χ1v) is 10.8. The molecule has 0 fully saturated rings. The summed E-state index contributed by atoms with van der Waals surface area (Å²) in [7, 11) is -4.02. The van der Waals surface area contributed by atoms with Crippen molar-refractivity contribution in [2.75, 3.05) is 10.8 Å². The first-order chi connectivity index (χ1) is 14.4. The van der Waals surface area contributed by atoms with E-state index in [0.29, 0.717) is 22.0 Å². The SMILES string of the molecule is Cc1c(Cl)cccc1N(CC(=O)N/N=C\c1ccccn1)S(=O)(=O)c1ccccc1. The summed E-state index contributed by atoms with van der Waals surface area (Å²) in [4.78, 5) is 16.6. The Kier molecular flexibility index (Phi) is 6.81. The largest absolute Gasteiger partial charge is 0.271 e. The molecule has 0 spiro atoms. The van der Waals surface area contributed by atoms with Crippen LogP contribution in [-0.2, 0) is 14.8 Å². The van der Waals surface area contributed by atoms with Crippen LogP contribution in [0.1, 0.15) is 11.3 Å². The Morgan fingerprint density at radius 2 is 1.83 bits per heavy atom. The Bertz CT molecular complexity index is 1150. The second-order valence-corrected chi connectivity index (χ2v) is 8.53. The molecule has 0 aliphatic heterocycles. The van der Waals surface area contributed by atoms with Crippen LogP contribution < -0.4 is 9.73 Å². The maximum absolute atomic E-state index is 13.3. The molecule has 2 aromatic carbocycles. The van der Waals surface area contributed by atoms with Gasteiger partial charge in [0.25, 0.3) is 15.9 Å². The molecule has 1 heterocycles. The van der Waals surface area contributed by atoms with E-state index in [1.54, 1.807) is 67.7 Å². The number of sulfonamides is 1. The molecule has 0 unspecified atom stereocenters. The molecule has 1 N–H and O–H groups in total. The molecule has 0 bridgehead atoms. The summed E-state index contributed by atoms with van der Waals surface area (Å²) in [6.07, 6.45) is 2.97. The molecule has 0 saturated carbocycles. The van der Waals surface area contributed by atoms with Crippen LogP contribution in [0.3, 0.4) is 0 Å². The van der Waals surface area contributed by atoms with E-state index in [-0.39, 0.29) is 4.90 Å². The summed E-state index contributed by atoms with van der Waals surface area (Å²) in [5.74, 6) is -0.610. The molecule has 30 heavy (non-hydrogen) atoms. The van der Waals surface area contributed by atoms with Gasteiger partial charge in [0.15, 0.2) is 0 Å². The molecule has 0 aliphatic rings. The fraction of sp³-hybridized carbons (Fsp3) is 0.0952. The first-order valence-electron chi connectivity index (χ1n) is 8.95.